The van der Waals surface area contributed by atoms with Crippen LogP contribution < -0.4 is 14.2 Å². The first-order valence-electron chi connectivity index (χ1n) is 9.66. The maximum atomic E-state index is 14.8. The lowest BCUT2D eigenvalue weighted by molar-refractivity contribution is -0.157. The first-order chi connectivity index (χ1) is 14.1. The van der Waals surface area contributed by atoms with Gasteiger partial charge in [0.25, 0.3) is 0 Å². The van der Waals surface area contributed by atoms with Gasteiger partial charge in [0.05, 0.1) is 20.3 Å². The molecule has 0 aliphatic rings. The molecular formula is C23H29FO6. The number of aliphatic hydroxyl groups is 1. The Hall–Kier alpha value is -2.80. The van der Waals surface area contributed by atoms with Crippen LogP contribution in [0.15, 0.2) is 36.4 Å². The average Bonchev–Trinajstić information content (AvgIpc) is 2.69. The van der Waals surface area contributed by atoms with Gasteiger partial charge >= 0.3 is 5.97 Å². The van der Waals surface area contributed by atoms with E-state index in [0.29, 0.717) is 24.3 Å². The zero-order valence-electron chi connectivity index (χ0n) is 18.0. The molecule has 1 N–H and O–H groups in total. The Kier molecular flexibility index (Phi) is 8.06. The Balaban J connectivity index is 2.02. The normalized spacial score (nSPS) is 12.2. The van der Waals surface area contributed by atoms with E-state index in [1.54, 1.807) is 47.1 Å². The number of carbonyl (C=O) groups is 1. The molecule has 2 rings (SSSR count). The minimum Gasteiger partial charge on any atom is -0.493 e. The van der Waals surface area contributed by atoms with Gasteiger partial charge in [-0.05, 0) is 57.4 Å². The van der Waals surface area contributed by atoms with Gasteiger partial charge < -0.3 is 24.1 Å². The summed E-state index contributed by atoms with van der Waals surface area (Å²) in [5, 5.41) is 10.5. The van der Waals surface area contributed by atoms with Gasteiger partial charge in [0.1, 0.15) is 5.60 Å². The fraction of sp³-hybridized carbons (Fsp3) is 0.435. The molecule has 0 fully saturated rings. The molecule has 1 atom stereocenters. The molecule has 0 unspecified atom stereocenters. The Morgan fingerprint density at radius 1 is 1.07 bits per heavy atom. The number of aliphatic hydroxyl groups excluding tert-OH is 1. The Bertz CT molecular complexity index is 859. The number of aryl methyl sites for hydroxylation is 1. The van der Waals surface area contributed by atoms with Crippen molar-refractivity contribution in [3.05, 3.63) is 53.3 Å². The smallest absolute Gasteiger partial charge is 0.344 e. The lowest BCUT2D eigenvalue weighted by Gasteiger charge is -2.20. The molecule has 0 radical (unpaired) electrons. The Labute approximate surface area is 176 Å². The molecule has 0 bridgehead atoms. The van der Waals surface area contributed by atoms with E-state index in [0.717, 1.165) is 5.56 Å². The zero-order chi connectivity index (χ0) is 22.3. The van der Waals surface area contributed by atoms with E-state index >= 15 is 0 Å². The van der Waals surface area contributed by atoms with Gasteiger partial charge in [-0.2, -0.15) is 0 Å². The van der Waals surface area contributed by atoms with Crippen LogP contribution in [0.1, 0.15) is 44.4 Å². The lowest BCUT2D eigenvalue weighted by atomic mass is 10.0. The van der Waals surface area contributed by atoms with Crippen molar-refractivity contribution in [3.8, 4) is 17.2 Å². The number of ether oxygens (including phenoxy) is 4. The van der Waals surface area contributed by atoms with Crippen LogP contribution in [0, 0.1) is 5.82 Å². The summed E-state index contributed by atoms with van der Waals surface area (Å²) in [6.45, 7) is 4.79. The molecule has 0 heterocycles. The third-order valence-corrected chi connectivity index (χ3v) is 4.27. The average molecular weight is 420 g/mol. The van der Waals surface area contributed by atoms with Crippen LogP contribution in [0.2, 0.25) is 0 Å². The standard InChI is InChI=1S/C23H29FO6/c1-23(2,3)30-21(26)14-29-19-8-6-7-16(22(19)24)17(25)11-9-15-10-12-18(27-4)20(13-15)28-5/h6-8,10,12-13,17,25H,9,11,14H2,1-5H3/t17-/m1/s1. The summed E-state index contributed by atoms with van der Waals surface area (Å²) in [4.78, 5) is 11.8. The van der Waals surface area contributed by atoms with E-state index in [1.165, 1.54) is 12.1 Å². The molecule has 0 aromatic heterocycles. The number of halogens is 1. The second-order valence-corrected chi connectivity index (χ2v) is 7.78. The van der Waals surface area contributed by atoms with E-state index in [2.05, 4.69) is 0 Å². The number of carbonyl (C=O) groups excluding carboxylic acids is 1. The van der Waals surface area contributed by atoms with Crippen molar-refractivity contribution >= 4 is 5.97 Å². The van der Waals surface area contributed by atoms with Crippen molar-refractivity contribution in [2.75, 3.05) is 20.8 Å². The van der Waals surface area contributed by atoms with Crippen LogP contribution in [-0.4, -0.2) is 37.5 Å². The van der Waals surface area contributed by atoms with Crippen LogP contribution in [0.25, 0.3) is 0 Å². The second-order valence-electron chi connectivity index (χ2n) is 7.78. The topological polar surface area (TPSA) is 74.2 Å². The molecule has 30 heavy (non-hydrogen) atoms. The third-order valence-electron chi connectivity index (χ3n) is 4.27. The SMILES string of the molecule is COc1ccc(CC[C@@H](O)c2cccc(OCC(=O)OC(C)(C)C)c2F)cc1OC. The summed E-state index contributed by atoms with van der Waals surface area (Å²) in [7, 11) is 3.11. The van der Waals surface area contributed by atoms with E-state index in [1.807, 2.05) is 12.1 Å². The highest BCUT2D eigenvalue weighted by molar-refractivity contribution is 5.71. The highest BCUT2D eigenvalue weighted by atomic mass is 19.1. The predicted molar refractivity (Wildman–Crippen MR) is 111 cm³/mol. The molecule has 164 valence electrons. The summed E-state index contributed by atoms with van der Waals surface area (Å²) >= 11 is 0. The first-order valence-corrected chi connectivity index (χ1v) is 9.66. The van der Waals surface area contributed by atoms with Gasteiger partial charge in [-0.15, -0.1) is 0 Å². The van der Waals surface area contributed by atoms with Gasteiger partial charge in [0, 0.05) is 5.56 Å². The minimum absolute atomic E-state index is 0.108. The zero-order valence-corrected chi connectivity index (χ0v) is 18.0. The van der Waals surface area contributed by atoms with Crippen molar-refractivity contribution in [3.63, 3.8) is 0 Å². The van der Waals surface area contributed by atoms with E-state index in [4.69, 9.17) is 18.9 Å². The number of methoxy groups -OCH3 is 2. The molecule has 0 aliphatic heterocycles. The van der Waals surface area contributed by atoms with E-state index in [9.17, 15) is 14.3 Å². The van der Waals surface area contributed by atoms with Gasteiger partial charge in [-0.3, -0.25) is 0 Å². The summed E-state index contributed by atoms with van der Waals surface area (Å²) in [6, 6.07) is 9.95. The fourth-order valence-electron chi connectivity index (χ4n) is 2.90. The number of hydrogen-bond donors (Lipinski definition) is 1. The number of hydrogen-bond acceptors (Lipinski definition) is 6. The van der Waals surface area contributed by atoms with E-state index < -0.39 is 30.1 Å². The van der Waals surface area contributed by atoms with Crippen molar-refractivity contribution < 1.29 is 33.2 Å². The second kappa shape index (κ2) is 10.3. The Morgan fingerprint density at radius 3 is 2.40 bits per heavy atom. The molecule has 0 saturated carbocycles. The van der Waals surface area contributed by atoms with Crippen LogP contribution in [0.5, 0.6) is 17.2 Å². The monoisotopic (exact) mass is 420 g/mol. The first kappa shape index (κ1) is 23.5. The summed E-state index contributed by atoms with van der Waals surface area (Å²) in [5.74, 6) is -0.193. The van der Waals surface area contributed by atoms with Crippen molar-refractivity contribution in [2.24, 2.45) is 0 Å². The molecule has 2 aromatic rings. The minimum atomic E-state index is -1.04. The number of esters is 1. The molecule has 2 aromatic carbocycles. The van der Waals surface area contributed by atoms with Crippen LogP contribution >= 0.6 is 0 Å². The van der Waals surface area contributed by atoms with Crippen molar-refractivity contribution in [1.82, 2.24) is 0 Å². The third kappa shape index (κ3) is 6.62. The largest absolute Gasteiger partial charge is 0.493 e. The van der Waals surface area contributed by atoms with Gasteiger partial charge in [-0.25, -0.2) is 9.18 Å². The fourth-order valence-corrected chi connectivity index (χ4v) is 2.90. The number of benzene rings is 2. The highest BCUT2D eigenvalue weighted by Gasteiger charge is 2.20. The predicted octanol–water partition coefficient (Wildman–Crippen LogP) is 4.23. The van der Waals surface area contributed by atoms with Crippen LogP contribution in [-0.2, 0) is 16.0 Å². The van der Waals surface area contributed by atoms with Crippen molar-refractivity contribution in [1.29, 1.82) is 0 Å². The van der Waals surface area contributed by atoms with Gasteiger partial charge in [0.2, 0.25) is 0 Å². The summed E-state index contributed by atoms with van der Waals surface area (Å²) in [6.07, 6.45) is -0.241. The maximum absolute atomic E-state index is 14.8. The van der Waals surface area contributed by atoms with Crippen molar-refractivity contribution in [2.45, 2.75) is 45.3 Å². The van der Waals surface area contributed by atoms with Crippen LogP contribution in [0.3, 0.4) is 0 Å². The van der Waals surface area contributed by atoms with Gasteiger partial charge in [0.15, 0.2) is 29.7 Å². The maximum Gasteiger partial charge on any atom is 0.344 e. The quantitative estimate of drug-likeness (QED) is 0.612. The molecular weight excluding hydrogens is 391 g/mol. The molecule has 0 aliphatic carbocycles. The van der Waals surface area contributed by atoms with E-state index in [-0.39, 0.29) is 11.3 Å². The highest BCUT2D eigenvalue weighted by Crippen LogP contribution is 2.31. The lowest BCUT2D eigenvalue weighted by Crippen LogP contribution is -2.27. The molecule has 0 amide bonds. The molecule has 7 heteroatoms. The summed E-state index contributed by atoms with van der Waals surface area (Å²) in [5.41, 5.74) is 0.378. The summed E-state index contributed by atoms with van der Waals surface area (Å²) < 4.78 is 35.7. The molecule has 0 saturated heterocycles. The Morgan fingerprint density at radius 2 is 1.77 bits per heavy atom. The molecule has 6 nitrogen and oxygen atoms in total. The van der Waals surface area contributed by atoms with Gasteiger partial charge in [-0.1, -0.05) is 18.2 Å². The number of rotatable bonds is 9. The van der Waals surface area contributed by atoms with Crippen LogP contribution in [0.4, 0.5) is 4.39 Å². The molecule has 0 spiro atoms.